The Morgan fingerprint density at radius 2 is 2.21 bits per heavy atom. The summed E-state index contributed by atoms with van der Waals surface area (Å²) in [5.41, 5.74) is 2.23. The van der Waals surface area contributed by atoms with E-state index in [1.165, 1.54) is 16.0 Å². The Balaban J connectivity index is 2.12. The van der Waals surface area contributed by atoms with Crippen LogP contribution in [0.3, 0.4) is 0 Å². The van der Waals surface area contributed by atoms with Gasteiger partial charge in [0, 0.05) is 29.0 Å². The van der Waals surface area contributed by atoms with Crippen LogP contribution in [0.15, 0.2) is 35.5 Å². The van der Waals surface area contributed by atoms with Gasteiger partial charge in [0.15, 0.2) is 0 Å². The van der Waals surface area contributed by atoms with Crippen LogP contribution in [-0.4, -0.2) is 19.7 Å². The number of thiazole rings is 1. The zero-order chi connectivity index (χ0) is 13.4. The fraction of sp³-hybridized carbons (Fsp3) is 0.154. The molecule has 96 valence electrons. The molecule has 6 heteroatoms. The van der Waals surface area contributed by atoms with Crippen molar-refractivity contribution in [1.29, 1.82) is 0 Å². The van der Waals surface area contributed by atoms with Crippen molar-refractivity contribution in [3.05, 3.63) is 51.6 Å². The van der Waals surface area contributed by atoms with E-state index in [0.717, 1.165) is 16.1 Å². The Bertz CT molecular complexity index is 750. The molecule has 3 heterocycles. The third-order valence-electron chi connectivity index (χ3n) is 2.95. The SMILES string of the molecule is Cc1nc(-n2[nH]cc(-c3cccnc3)c2=O)sc1C. The molecule has 3 aromatic heterocycles. The first-order valence-corrected chi connectivity index (χ1v) is 6.63. The second-order valence-corrected chi connectivity index (χ2v) is 5.39. The molecule has 0 saturated carbocycles. The van der Waals surface area contributed by atoms with Crippen LogP contribution >= 0.6 is 11.3 Å². The lowest BCUT2D eigenvalue weighted by atomic mass is 10.2. The van der Waals surface area contributed by atoms with Gasteiger partial charge in [0.2, 0.25) is 5.13 Å². The van der Waals surface area contributed by atoms with E-state index in [9.17, 15) is 4.79 Å². The average molecular weight is 272 g/mol. The van der Waals surface area contributed by atoms with Crippen molar-refractivity contribution in [2.45, 2.75) is 13.8 Å². The Morgan fingerprint density at radius 3 is 2.84 bits per heavy atom. The molecule has 0 radical (unpaired) electrons. The summed E-state index contributed by atoms with van der Waals surface area (Å²) in [7, 11) is 0. The smallest absolute Gasteiger partial charge is 0.281 e. The Kier molecular flexibility index (Phi) is 2.79. The van der Waals surface area contributed by atoms with E-state index < -0.39 is 0 Å². The van der Waals surface area contributed by atoms with Crippen LogP contribution in [0.2, 0.25) is 0 Å². The van der Waals surface area contributed by atoms with E-state index in [1.807, 2.05) is 26.0 Å². The van der Waals surface area contributed by atoms with E-state index in [1.54, 1.807) is 18.6 Å². The molecular formula is C13H12N4OS. The normalized spacial score (nSPS) is 10.8. The summed E-state index contributed by atoms with van der Waals surface area (Å²) in [4.78, 5) is 21.9. The zero-order valence-electron chi connectivity index (χ0n) is 10.5. The lowest BCUT2D eigenvalue weighted by Crippen LogP contribution is -2.15. The van der Waals surface area contributed by atoms with Crippen LogP contribution in [0, 0.1) is 13.8 Å². The average Bonchev–Trinajstić information content (AvgIpc) is 2.95. The molecule has 0 aliphatic carbocycles. The fourth-order valence-electron chi connectivity index (χ4n) is 1.79. The number of nitrogens with one attached hydrogen (secondary N) is 1. The minimum atomic E-state index is -0.109. The van der Waals surface area contributed by atoms with Crippen molar-refractivity contribution < 1.29 is 0 Å². The number of nitrogens with zero attached hydrogens (tertiary/aromatic N) is 3. The van der Waals surface area contributed by atoms with Gasteiger partial charge >= 0.3 is 0 Å². The van der Waals surface area contributed by atoms with Crippen LogP contribution < -0.4 is 5.56 Å². The highest BCUT2D eigenvalue weighted by molar-refractivity contribution is 7.14. The highest BCUT2D eigenvalue weighted by Crippen LogP contribution is 2.20. The van der Waals surface area contributed by atoms with Crippen LogP contribution in [-0.2, 0) is 0 Å². The highest BCUT2D eigenvalue weighted by Gasteiger charge is 2.13. The van der Waals surface area contributed by atoms with E-state index in [2.05, 4.69) is 15.1 Å². The van der Waals surface area contributed by atoms with Crippen LogP contribution in [0.5, 0.6) is 0 Å². The maximum absolute atomic E-state index is 12.4. The fourth-order valence-corrected chi connectivity index (χ4v) is 2.67. The van der Waals surface area contributed by atoms with Gasteiger partial charge in [0.05, 0.1) is 11.3 Å². The highest BCUT2D eigenvalue weighted by atomic mass is 32.1. The van der Waals surface area contributed by atoms with E-state index >= 15 is 0 Å². The molecule has 0 atom stereocenters. The summed E-state index contributed by atoms with van der Waals surface area (Å²) in [5, 5.41) is 3.62. The van der Waals surface area contributed by atoms with Crippen molar-refractivity contribution >= 4 is 11.3 Å². The van der Waals surface area contributed by atoms with E-state index in [4.69, 9.17) is 0 Å². The van der Waals surface area contributed by atoms with Crippen molar-refractivity contribution in [3.63, 3.8) is 0 Å². The number of H-pyrrole nitrogens is 1. The summed E-state index contributed by atoms with van der Waals surface area (Å²) in [6, 6.07) is 3.67. The minimum absolute atomic E-state index is 0.109. The van der Waals surface area contributed by atoms with Gasteiger partial charge in [-0.3, -0.25) is 14.9 Å². The number of aromatic amines is 1. The Morgan fingerprint density at radius 1 is 1.37 bits per heavy atom. The third kappa shape index (κ3) is 2.00. The van der Waals surface area contributed by atoms with Gasteiger partial charge in [-0.1, -0.05) is 17.4 Å². The molecule has 0 spiro atoms. The van der Waals surface area contributed by atoms with Crippen LogP contribution in [0.4, 0.5) is 0 Å². The van der Waals surface area contributed by atoms with Crippen LogP contribution in [0.1, 0.15) is 10.6 Å². The van der Waals surface area contributed by atoms with E-state index in [0.29, 0.717) is 10.7 Å². The Labute approximate surface area is 113 Å². The lowest BCUT2D eigenvalue weighted by molar-refractivity contribution is 0.836. The lowest BCUT2D eigenvalue weighted by Gasteiger charge is -1.94. The van der Waals surface area contributed by atoms with Crippen molar-refractivity contribution in [3.8, 4) is 16.3 Å². The number of pyridine rings is 1. The first kappa shape index (κ1) is 11.9. The summed E-state index contributed by atoms with van der Waals surface area (Å²) >= 11 is 1.50. The molecule has 19 heavy (non-hydrogen) atoms. The quantitative estimate of drug-likeness (QED) is 0.778. The molecule has 0 unspecified atom stereocenters. The maximum atomic E-state index is 12.4. The van der Waals surface area contributed by atoms with Gasteiger partial charge in [-0.05, 0) is 19.9 Å². The summed E-state index contributed by atoms with van der Waals surface area (Å²) < 4.78 is 1.47. The van der Waals surface area contributed by atoms with Crippen molar-refractivity contribution in [1.82, 2.24) is 19.7 Å². The first-order valence-electron chi connectivity index (χ1n) is 5.82. The molecule has 0 fully saturated rings. The molecule has 0 aromatic carbocycles. The van der Waals surface area contributed by atoms with Gasteiger partial charge in [-0.2, -0.15) is 4.68 Å². The topological polar surface area (TPSA) is 63.6 Å². The van der Waals surface area contributed by atoms with Gasteiger partial charge in [-0.15, -0.1) is 0 Å². The van der Waals surface area contributed by atoms with Gasteiger partial charge < -0.3 is 0 Å². The van der Waals surface area contributed by atoms with Gasteiger partial charge in [-0.25, -0.2) is 4.98 Å². The van der Waals surface area contributed by atoms with Gasteiger partial charge in [0.25, 0.3) is 5.56 Å². The molecule has 0 saturated heterocycles. The molecule has 3 aromatic rings. The second-order valence-electron chi connectivity index (χ2n) is 4.21. The molecular weight excluding hydrogens is 260 g/mol. The third-order valence-corrected chi connectivity index (χ3v) is 4.01. The molecule has 0 amide bonds. The number of aryl methyl sites for hydroxylation is 2. The van der Waals surface area contributed by atoms with E-state index in [-0.39, 0.29) is 5.56 Å². The molecule has 5 nitrogen and oxygen atoms in total. The monoisotopic (exact) mass is 272 g/mol. The molecule has 0 aliphatic rings. The summed E-state index contributed by atoms with van der Waals surface area (Å²) in [6.45, 7) is 3.93. The zero-order valence-corrected chi connectivity index (χ0v) is 11.4. The number of hydrogen-bond donors (Lipinski definition) is 1. The predicted molar refractivity (Wildman–Crippen MR) is 74.8 cm³/mol. The standard InChI is InChI=1S/C13H12N4OS/c1-8-9(2)19-13(16-8)17-12(18)11(7-15-17)10-4-3-5-14-6-10/h3-7,15H,1-2H3. The second kappa shape index (κ2) is 4.47. The summed E-state index contributed by atoms with van der Waals surface area (Å²) in [5.74, 6) is 0. The first-order chi connectivity index (χ1) is 9.16. The van der Waals surface area contributed by atoms with Crippen LogP contribution in [0.25, 0.3) is 16.3 Å². The van der Waals surface area contributed by atoms with Crippen molar-refractivity contribution in [2.75, 3.05) is 0 Å². The predicted octanol–water partition coefficient (Wildman–Crippen LogP) is 2.30. The number of aromatic nitrogens is 4. The number of rotatable bonds is 2. The maximum Gasteiger partial charge on any atom is 0.281 e. The minimum Gasteiger partial charge on any atom is -0.295 e. The molecule has 1 N–H and O–H groups in total. The van der Waals surface area contributed by atoms with Gasteiger partial charge in [0.1, 0.15) is 0 Å². The molecule has 0 bridgehead atoms. The van der Waals surface area contributed by atoms with Crippen molar-refractivity contribution in [2.24, 2.45) is 0 Å². The Hall–Kier alpha value is -2.21. The summed E-state index contributed by atoms with van der Waals surface area (Å²) in [6.07, 6.45) is 5.04. The largest absolute Gasteiger partial charge is 0.295 e. The number of hydrogen-bond acceptors (Lipinski definition) is 4. The molecule has 3 rings (SSSR count). The molecule has 0 aliphatic heterocycles.